The molecule has 0 atom stereocenters. The van der Waals surface area contributed by atoms with Crippen LogP contribution in [-0.4, -0.2) is 27.5 Å². The number of rotatable bonds is 5. The highest BCUT2D eigenvalue weighted by atomic mass is 35.5. The number of benzene rings is 3. The van der Waals surface area contributed by atoms with Crippen LogP contribution in [0, 0.1) is 13.8 Å². The van der Waals surface area contributed by atoms with E-state index in [9.17, 15) is 13.2 Å². The fourth-order valence-electron chi connectivity index (χ4n) is 3.32. The van der Waals surface area contributed by atoms with E-state index in [-0.39, 0.29) is 15.5 Å². The van der Waals surface area contributed by atoms with Crippen molar-refractivity contribution in [3.05, 3.63) is 76.3 Å². The topological polar surface area (TPSA) is 93.7 Å². The number of fused-ring (bicyclic) bond motifs is 1. The van der Waals surface area contributed by atoms with Crippen molar-refractivity contribution in [2.75, 3.05) is 23.3 Å². The zero-order valence-corrected chi connectivity index (χ0v) is 19.7. The molecule has 0 saturated carbocycles. The van der Waals surface area contributed by atoms with Crippen LogP contribution < -0.4 is 19.5 Å². The Morgan fingerprint density at radius 2 is 1.61 bits per heavy atom. The monoisotopic (exact) mass is 486 g/mol. The molecule has 33 heavy (non-hydrogen) atoms. The maximum absolute atomic E-state index is 13.0. The number of hydrogen-bond donors (Lipinski definition) is 2. The number of amides is 1. The molecule has 3 aromatic carbocycles. The Labute approximate surface area is 197 Å². The van der Waals surface area contributed by atoms with Gasteiger partial charge in [0.25, 0.3) is 15.9 Å². The van der Waals surface area contributed by atoms with E-state index >= 15 is 0 Å². The molecule has 0 unspecified atom stereocenters. The second-order valence-electron chi connectivity index (χ2n) is 7.73. The highest BCUT2D eigenvalue weighted by molar-refractivity contribution is 7.92. The Bertz CT molecular complexity index is 1310. The Morgan fingerprint density at radius 1 is 0.939 bits per heavy atom. The number of anilines is 2. The molecule has 1 amide bonds. The molecule has 4 rings (SSSR count). The van der Waals surface area contributed by atoms with Crippen LogP contribution in [-0.2, 0) is 10.0 Å². The van der Waals surface area contributed by atoms with Gasteiger partial charge in [-0.05, 0) is 43.7 Å². The minimum absolute atomic E-state index is 0.0245. The van der Waals surface area contributed by atoms with Crippen molar-refractivity contribution in [3.8, 4) is 11.5 Å². The molecule has 9 heteroatoms. The van der Waals surface area contributed by atoms with Crippen molar-refractivity contribution in [2.45, 2.75) is 25.2 Å². The van der Waals surface area contributed by atoms with Gasteiger partial charge in [0.15, 0.2) is 11.5 Å². The summed E-state index contributed by atoms with van der Waals surface area (Å²) in [4.78, 5) is 13.0. The van der Waals surface area contributed by atoms with Crippen LogP contribution >= 0.6 is 11.6 Å². The normalized spacial score (nSPS) is 13.2. The van der Waals surface area contributed by atoms with E-state index in [0.717, 1.165) is 12.0 Å². The first-order chi connectivity index (χ1) is 15.7. The molecule has 2 N–H and O–H groups in total. The van der Waals surface area contributed by atoms with Gasteiger partial charge in [-0.2, -0.15) is 0 Å². The van der Waals surface area contributed by atoms with Gasteiger partial charge in [-0.15, -0.1) is 0 Å². The first kappa shape index (κ1) is 22.9. The predicted molar refractivity (Wildman–Crippen MR) is 128 cm³/mol. The number of ether oxygens (including phenoxy) is 2. The van der Waals surface area contributed by atoms with Crippen LogP contribution in [0.4, 0.5) is 11.4 Å². The SMILES string of the molecule is Cc1ccc(NS(=O)(=O)c2ccc(C)c(C(=O)Nc3cc4c(cc3Cl)OCCCO4)c2)cc1. The van der Waals surface area contributed by atoms with Gasteiger partial charge in [-0.25, -0.2) is 8.42 Å². The van der Waals surface area contributed by atoms with Crippen LogP contribution in [0.15, 0.2) is 59.5 Å². The fourth-order valence-corrected chi connectivity index (χ4v) is 4.60. The van der Waals surface area contributed by atoms with Crippen molar-refractivity contribution >= 4 is 38.9 Å². The molecule has 0 bridgehead atoms. The molecular weight excluding hydrogens is 464 g/mol. The number of carbonyl (C=O) groups is 1. The predicted octanol–water partition coefficient (Wildman–Crippen LogP) is 5.17. The van der Waals surface area contributed by atoms with E-state index in [1.165, 1.54) is 12.1 Å². The summed E-state index contributed by atoms with van der Waals surface area (Å²) in [5.74, 6) is 0.515. The van der Waals surface area contributed by atoms with Gasteiger partial charge >= 0.3 is 0 Å². The van der Waals surface area contributed by atoms with Crippen LogP contribution in [0.2, 0.25) is 5.02 Å². The molecule has 7 nitrogen and oxygen atoms in total. The molecular formula is C24H23ClN2O5S. The lowest BCUT2D eigenvalue weighted by Gasteiger charge is -2.14. The van der Waals surface area contributed by atoms with E-state index in [2.05, 4.69) is 10.0 Å². The summed E-state index contributed by atoms with van der Waals surface area (Å²) < 4.78 is 39.6. The Kier molecular flexibility index (Phi) is 6.49. The lowest BCUT2D eigenvalue weighted by Crippen LogP contribution is -2.17. The molecule has 1 aliphatic heterocycles. The summed E-state index contributed by atoms with van der Waals surface area (Å²) in [6.45, 7) is 4.66. The van der Waals surface area contributed by atoms with E-state index in [1.807, 2.05) is 19.1 Å². The Hall–Kier alpha value is -3.23. The number of nitrogens with one attached hydrogen (secondary N) is 2. The second-order valence-corrected chi connectivity index (χ2v) is 9.82. The average Bonchev–Trinajstić information content (AvgIpc) is 3.00. The molecule has 1 aliphatic rings. The number of carbonyl (C=O) groups excluding carboxylic acids is 1. The van der Waals surface area contributed by atoms with Crippen LogP contribution in [0.25, 0.3) is 0 Å². The van der Waals surface area contributed by atoms with Crippen molar-refractivity contribution in [3.63, 3.8) is 0 Å². The van der Waals surface area contributed by atoms with Crippen molar-refractivity contribution in [2.24, 2.45) is 0 Å². The Morgan fingerprint density at radius 3 is 2.30 bits per heavy atom. The summed E-state index contributed by atoms with van der Waals surface area (Å²) in [5, 5.41) is 3.04. The molecule has 3 aromatic rings. The van der Waals surface area contributed by atoms with Gasteiger partial charge in [0.05, 0.1) is 28.8 Å². The minimum atomic E-state index is -3.89. The quantitative estimate of drug-likeness (QED) is 0.518. The lowest BCUT2D eigenvalue weighted by molar-refractivity contribution is 0.102. The van der Waals surface area contributed by atoms with Gasteiger partial charge in [0, 0.05) is 29.8 Å². The summed E-state index contributed by atoms with van der Waals surface area (Å²) >= 11 is 6.33. The van der Waals surface area contributed by atoms with E-state index in [4.69, 9.17) is 21.1 Å². The smallest absolute Gasteiger partial charge is 0.261 e. The largest absolute Gasteiger partial charge is 0.490 e. The maximum atomic E-state index is 13.0. The molecule has 0 fully saturated rings. The van der Waals surface area contributed by atoms with Gasteiger partial charge in [-0.3, -0.25) is 9.52 Å². The maximum Gasteiger partial charge on any atom is 0.261 e. The lowest BCUT2D eigenvalue weighted by atomic mass is 10.1. The first-order valence-electron chi connectivity index (χ1n) is 10.3. The van der Waals surface area contributed by atoms with Gasteiger partial charge in [0.2, 0.25) is 0 Å². The minimum Gasteiger partial charge on any atom is -0.490 e. The molecule has 0 aromatic heterocycles. The molecule has 0 radical (unpaired) electrons. The molecule has 172 valence electrons. The third-order valence-corrected chi connectivity index (χ3v) is 6.84. The number of aryl methyl sites for hydroxylation is 2. The number of halogens is 1. The standard InChI is InChI=1S/C24H23ClN2O5S/c1-15-4-7-17(8-5-15)27-33(29,30)18-9-6-16(2)19(12-18)24(28)26-21-14-23-22(13-20(21)25)31-10-3-11-32-23/h4-9,12-14,27H,3,10-11H2,1-2H3,(H,26,28). The average molecular weight is 487 g/mol. The third-order valence-electron chi connectivity index (χ3n) is 5.15. The first-order valence-corrected chi connectivity index (χ1v) is 12.2. The molecule has 0 spiro atoms. The highest BCUT2D eigenvalue weighted by Gasteiger charge is 2.20. The van der Waals surface area contributed by atoms with Gasteiger partial charge in [0.1, 0.15) is 0 Å². The molecule has 0 saturated heterocycles. The summed E-state index contributed by atoms with van der Waals surface area (Å²) in [6.07, 6.45) is 0.741. The third kappa shape index (κ3) is 5.23. The summed E-state index contributed by atoms with van der Waals surface area (Å²) in [7, 11) is -3.89. The number of hydrogen-bond acceptors (Lipinski definition) is 5. The zero-order chi connectivity index (χ0) is 23.6. The molecule has 1 heterocycles. The van der Waals surface area contributed by atoms with Crippen molar-refractivity contribution in [1.29, 1.82) is 0 Å². The highest BCUT2D eigenvalue weighted by Crippen LogP contribution is 2.38. The van der Waals surface area contributed by atoms with E-state index < -0.39 is 15.9 Å². The van der Waals surface area contributed by atoms with Crippen molar-refractivity contribution in [1.82, 2.24) is 0 Å². The van der Waals surface area contributed by atoms with Crippen LogP contribution in [0.3, 0.4) is 0 Å². The summed E-state index contributed by atoms with van der Waals surface area (Å²) in [6, 6.07) is 14.6. The van der Waals surface area contributed by atoms with E-state index in [1.54, 1.807) is 37.3 Å². The Balaban J connectivity index is 1.59. The van der Waals surface area contributed by atoms with Crippen molar-refractivity contribution < 1.29 is 22.7 Å². The molecule has 0 aliphatic carbocycles. The van der Waals surface area contributed by atoms with Gasteiger partial charge in [-0.1, -0.05) is 35.4 Å². The van der Waals surface area contributed by atoms with E-state index in [0.29, 0.717) is 41.7 Å². The number of sulfonamides is 1. The fraction of sp³-hybridized carbons (Fsp3) is 0.208. The zero-order valence-electron chi connectivity index (χ0n) is 18.1. The van der Waals surface area contributed by atoms with Crippen LogP contribution in [0.5, 0.6) is 11.5 Å². The summed E-state index contributed by atoms with van der Waals surface area (Å²) in [5.41, 5.74) is 2.63. The van der Waals surface area contributed by atoms with Gasteiger partial charge < -0.3 is 14.8 Å². The van der Waals surface area contributed by atoms with Crippen LogP contribution in [0.1, 0.15) is 27.9 Å². The second kappa shape index (κ2) is 9.33.